The second kappa shape index (κ2) is 9.95. The summed E-state index contributed by atoms with van der Waals surface area (Å²) in [5, 5.41) is 1.19. The van der Waals surface area contributed by atoms with Crippen LogP contribution < -0.4 is 0 Å². The summed E-state index contributed by atoms with van der Waals surface area (Å²) in [6.45, 7) is 6.26. The van der Waals surface area contributed by atoms with E-state index in [0.717, 1.165) is 24.8 Å². The lowest BCUT2D eigenvalue weighted by molar-refractivity contribution is -0.167. The van der Waals surface area contributed by atoms with E-state index in [1.807, 2.05) is 24.4 Å². The van der Waals surface area contributed by atoms with Gasteiger partial charge in [-0.15, -0.1) is 0 Å². The summed E-state index contributed by atoms with van der Waals surface area (Å²) in [6.07, 6.45) is 6.86. The van der Waals surface area contributed by atoms with Crippen LogP contribution in [0.25, 0.3) is 10.9 Å². The Balaban J connectivity index is 1.39. The number of nitrogens with one attached hydrogen (secondary N) is 1. The summed E-state index contributed by atoms with van der Waals surface area (Å²) in [5.41, 5.74) is 2.29. The van der Waals surface area contributed by atoms with E-state index in [0.29, 0.717) is 30.6 Å². The van der Waals surface area contributed by atoms with Crippen molar-refractivity contribution in [3.8, 4) is 0 Å². The van der Waals surface area contributed by atoms with Gasteiger partial charge < -0.3 is 14.5 Å². The number of aromatic nitrogens is 1. The highest BCUT2D eigenvalue weighted by Gasteiger charge is 2.33. The van der Waals surface area contributed by atoms with Gasteiger partial charge in [0.25, 0.3) is 0 Å². The van der Waals surface area contributed by atoms with Crippen molar-refractivity contribution >= 4 is 22.8 Å². The standard InChI is InChI=1S/C24H33NO4/c1-16(2)19-12-11-17(3)13-22(19)29-24(27)15-28-23(26)10-6-7-18-14-25-21-9-5-4-8-20(18)21/h4-5,8-9,14,16-17,19,22,25H,6-7,10-13,15H2,1-3H3/t17-,19-,22+/m0/s1. The summed E-state index contributed by atoms with van der Waals surface area (Å²) in [7, 11) is 0. The molecule has 158 valence electrons. The number of esters is 2. The lowest BCUT2D eigenvalue weighted by atomic mass is 9.75. The van der Waals surface area contributed by atoms with E-state index >= 15 is 0 Å². The van der Waals surface area contributed by atoms with Crippen LogP contribution in [0.5, 0.6) is 0 Å². The first-order chi connectivity index (χ1) is 13.9. The van der Waals surface area contributed by atoms with Crippen molar-refractivity contribution in [3.63, 3.8) is 0 Å². The molecule has 1 heterocycles. The third kappa shape index (κ3) is 5.84. The quantitative estimate of drug-likeness (QED) is 0.632. The lowest BCUT2D eigenvalue weighted by Crippen LogP contribution is -2.36. The molecule has 1 aromatic carbocycles. The van der Waals surface area contributed by atoms with Crippen molar-refractivity contribution < 1.29 is 19.1 Å². The zero-order valence-electron chi connectivity index (χ0n) is 17.8. The van der Waals surface area contributed by atoms with E-state index in [4.69, 9.17) is 9.47 Å². The molecule has 0 aliphatic heterocycles. The number of H-pyrrole nitrogens is 1. The highest BCUT2D eigenvalue weighted by molar-refractivity contribution is 5.83. The summed E-state index contributed by atoms with van der Waals surface area (Å²) < 4.78 is 10.8. The molecule has 0 saturated heterocycles. The van der Waals surface area contributed by atoms with Gasteiger partial charge in [-0.25, -0.2) is 4.79 Å². The molecule has 1 aliphatic carbocycles. The smallest absolute Gasteiger partial charge is 0.344 e. The number of aromatic amines is 1. The third-order valence-corrected chi connectivity index (χ3v) is 6.10. The molecule has 1 aliphatic rings. The van der Waals surface area contributed by atoms with Gasteiger partial charge in [0.05, 0.1) is 0 Å². The largest absolute Gasteiger partial charge is 0.460 e. The molecular weight excluding hydrogens is 366 g/mol. The van der Waals surface area contributed by atoms with Gasteiger partial charge >= 0.3 is 11.9 Å². The minimum Gasteiger partial charge on any atom is -0.460 e. The van der Waals surface area contributed by atoms with E-state index in [9.17, 15) is 9.59 Å². The number of aryl methyl sites for hydroxylation is 1. The van der Waals surface area contributed by atoms with E-state index in [1.165, 1.54) is 17.4 Å². The van der Waals surface area contributed by atoms with Crippen molar-refractivity contribution in [1.29, 1.82) is 0 Å². The fraction of sp³-hybridized carbons (Fsp3) is 0.583. The molecular formula is C24H33NO4. The Hall–Kier alpha value is -2.30. The molecule has 29 heavy (non-hydrogen) atoms. The van der Waals surface area contributed by atoms with Gasteiger partial charge in [-0.3, -0.25) is 4.79 Å². The number of carbonyl (C=O) groups excluding carboxylic acids is 2. The van der Waals surface area contributed by atoms with Crippen LogP contribution in [-0.2, 0) is 25.5 Å². The SMILES string of the molecule is CC(C)[C@@H]1CC[C@H](C)C[C@H]1OC(=O)COC(=O)CCCc1c[nH]c2ccccc12. The predicted molar refractivity (Wildman–Crippen MR) is 113 cm³/mol. The first kappa shape index (κ1) is 21.4. The molecule has 0 radical (unpaired) electrons. The minimum absolute atomic E-state index is 0.0631. The summed E-state index contributed by atoms with van der Waals surface area (Å²) in [6, 6.07) is 8.12. The zero-order chi connectivity index (χ0) is 20.8. The monoisotopic (exact) mass is 399 g/mol. The van der Waals surface area contributed by atoms with Crippen LogP contribution in [0, 0.1) is 17.8 Å². The molecule has 0 amide bonds. The van der Waals surface area contributed by atoms with E-state index < -0.39 is 5.97 Å². The molecule has 1 N–H and O–H groups in total. The van der Waals surface area contributed by atoms with Crippen LogP contribution >= 0.6 is 0 Å². The van der Waals surface area contributed by atoms with Crippen LogP contribution in [0.3, 0.4) is 0 Å². The van der Waals surface area contributed by atoms with E-state index in [1.54, 1.807) is 0 Å². The number of fused-ring (bicyclic) bond motifs is 1. The Bertz CT molecular complexity index is 825. The maximum atomic E-state index is 12.2. The van der Waals surface area contributed by atoms with Gasteiger partial charge in [0.15, 0.2) is 6.61 Å². The van der Waals surface area contributed by atoms with Crippen LogP contribution in [0.2, 0.25) is 0 Å². The first-order valence-electron chi connectivity index (χ1n) is 10.8. The Labute approximate surface area is 173 Å². The number of carbonyl (C=O) groups is 2. The van der Waals surface area contributed by atoms with Crippen LogP contribution in [-0.4, -0.2) is 29.6 Å². The molecule has 0 unspecified atom stereocenters. The minimum atomic E-state index is -0.431. The highest BCUT2D eigenvalue weighted by atomic mass is 16.6. The number of rotatable bonds is 8. The van der Waals surface area contributed by atoms with E-state index in [-0.39, 0.29) is 18.7 Å². The van der Waals surface area contributed by atoms with Crippen molar-refractivity contribution in [1.82, 2.24) is 4.98 Å². The summed E-state index contributed by atoms with van der Waals surface area (Å²) in [5.74, 6) is 0.656. The van der Waals surface area contributed by atoms with Gasteiger partial charge in [0.1, 0.15) is 6.10 Å². The molecule has 1 aromatic heterocycles. The molecule has 1 fully saturated rings. The number of ether oxygens (including phenoxy) is 2. The van der Waals surface area contributed by atoms with Gasteiger partial charge in [-0.05, 0) is 55.1 Å². The topological polar surface area (TPSA) is 68.4 Å². The first-order valence-corrected chi connectivity index (χ1v) is 10.8. The predicted octanol–water partition coefficient (Wildman–Crippen LogP) is 5.04. The maximum Gasteiger partial charge on any atom is 0.344 e. The second-order valence-electron chi connectivity index (χ2n) is 8.73. The molecule has 3 atom stereocenters. The Morgan fingerprint density at radius 2 is 1.97 bits per heavy atom. The molecule has 0 spiro atoms. The van der Waals surface area contributed by atoms with Gasteiger partial charge in [-0.1, -0.05) is 45.4 Å². The average molecular weight is 400 g/mol. The van der Waals surface area contributed by atoms with Gasteiger partial charge in [0.2, 0.25) is 0 Å². The Morgan fingerprint density at radius 3 is 2.76 bits per heavy atom. The number of hydrogen-bond donors (Lipinski definition) is 1. The summed E-state index contributed by atoms with van der Waals surface area (Å²) >= 11 is 0. The normalized spacial score (nSPS) is 22.0. The van der Waals surface area contributed by atoms with Crippen LogP contribution in [0.1, 0.15) is 58.4 Å². The molecule has 5 nitrogen and oxygen atoms in total. The fourth-order valence-corrected chi connectivity index (χ4v) is 4.43. The third-order valence-electron chi connectivity index (χ3n) is 6.10. The van der Waals surface area contributed by atoms with Crippen molar-refractivity contribution in [2.45, 2.75) is 65.4 Å². The fourth-order valence-electron chi connectivity index (χ4n) is 4.43. The van der Waals surface area contributed by atoms with Crippen molar-refractivity contribution in [3.05, 3.63) is 36.0 Å². The molecule has 0 bridgehead atoms. The number of benzene rings is 1. The van der Waals surface area contributed by atoms with Crippen molar-refractivity contribution in [2.24, 2.45) is 17.8 Å². The van der Waals surface area contributed by atoms with Crippen LogP contribution in [0.15, 0.2) is 30.5 Å². The molecule has 5 heteroatoms. The number of hydrogen-bond acceptors (Lipinski definition) is 4. The van der Waals surface area contributed by atoms with Gasteiger partial charge in [-0.2, -0.15) is 0 Å². The second-order valence-corrected chi connectivity index (χ2v) is 8.73. The highest BCUT2D eigenvalue weighted by Crippen LogP contribution is 2.35. The molecule has 1 saturated carbocycles. The number of para-hydroxylation sites is 1. The Morgan fingerprint density at radius 1 is 1.17 bits per heavy atom. The average Bonchev–Trinajstić information content (AvgIpc) is 3.09. The van der Waals surface area contributed by atoms with E-state index in [2.05, 4.69) is 31.8 Å². The Kier molecular flexibility index (Phi) is 7.34. The van der Waals surface area contributed by atoms with Crippen LogP contribution in [0.4, 0.5) is 0 Å². The lowest BCUT2D eigenvalue weighted by Gasteiger charge is -2.36. The summed E-state index contributed by atoms with van der Waals surface area (Å²) in [4.78, 5) is 27.5. The van der Waals surface area contributed by atoms with Crippen molar-refractivity contribution in [2.75, 3.05) is 6.61 Å². The van der Waals surface area contributed by atoms with Gasteiger partial charge in [0, 0.05) is 23.5 Å². The maximum absolute atomic E-state index is 12.2. The molecule has 3 rings (SSSR count). The zero-order valence-corrected chi connectivity index (χ0v) is 17.8. The molecule has 2 aromatic rings.